The highest BCUT2D eigenvalue weighted by molar-refractivity contribution is 7.10. The molecule has 0 spiro atoms. The van der Waals surface area contributed by atoms with Gasteiger partial charge in [0.15, 0.2) is 8.32 Å². The highest BCUT2D eigenvalue weighted by Gasteiger charge is 2.61. The van der Waals surface area contributed by atoms with Gasteiger partial charge in [0, 0.05) is 12.6 Å². The third-order valence-electron chi connectivity index (χ3n) is 7.22. The van der Waals surface area contributed by atoms with Gasteiger partial charge in [0.25, 0.3) is 0 Å². The summed E-state index contributed by atoms with van der Waals surface area (Å²) in [7, 11) is -1.66. The van der Waals surface area contributed by atoms with Crippen molar-refractivity contribution in [1.82, 2.24) is 5.32 Å². The van der Waals surface area contributed by atoms with E-state index in [1.807, 2.05) is 6.07 Å². The van der Waals surface area contributed by atoms with E-state index < -0.39 is 8.32 Å². The van der Waals surface area contributed by atoms with Crippen LogP contribution in [0.1, 0.15) is 58.4 Å². The van der Waals surface area contributed by atoms with Gasteiger partial charge in [-0.15, -0.1) is 11.3 Å². The zero-order valence-electron chi connectivity index (χ0n) is 16.4. The molecule has 1 aromatic rings. The molecule has 142 valence electrons. The van der Waals surface area contributed by atoms with Crippen LogP contribution in [-0.2, 0) is 4.43 Å². The van der Waals surface area contributed by atoms with Crippen LogP contribution in [0, 0.1) is 17.3 Å². The molecule has 1 N–H and O–H groups in total. The van der Waals surface area contributed by atoms with E-state index in [4.69, 9.17) is 16.0 Å². The van der Waals surface area contributed by atoms with Gasteiger partial charge in [0.05, 0.1) is 16.0 Å². The van der Waals surface area contributed by atoms with Gasteiger partial charge in [-0.2, -0.15) is 0 Å². The van der Waals surface area contributed by atoms with E-state index >= 15 is 0 Å². The Morgan fingerprint density at radius 1 is 1.24 bits per heavy atom. The second kappa shape index (κ2) is 7.63. The summed E-state index contributed by atoms with van der Waals surface area (Å²) in [5.41, 5.74) is 0.597. The predicted octanol–water partition coefficient (Wildman–Crippen LogP) is 6.49. The zero-order valence-corrected chi connectivity index (χ0v) is 19.0. The molecule has 2 saturated carbocycles. The minimum absolute atomic E-state index is 0.115. The minimum atomic E-state index is -1.66. The average Bonchev–Trinajstić information content (AvgIpc) is 3.04. The van der Waals surface area contributed by atoms with Crippen molar-refractivity contribution in [2.75, 3.05) is 6.54 Å². The van der Waals surface area contributed by atoms with E-state index in [1.54, 1.807) is 11.3 Å². The van der Waals surface area contributed by atoms with Gasteiger partial charge in [0.2, 0.25) is 0 Å². The SMILES string of the molecule is CC[Si](CC)(CC)OC(CNC1C[C@@H]2[C@H](C1)C2(C)C)c1sccc1Cl. The summed E-state index contributed by atoms with van der Waals surface area (Å²) in [4.78, 5) is 1.21. The maximum atomic E-state index is 6.85. The Hall–Kier alpha value is 0.127. The molecule has 2 unspecified atom stereocenters. The van der Waals surface area contributed by atoms with Crippen molar-refractivity contribution < 1.29 is 4.43 Å². The molecular formula is C20H34ClNOSSi. The van der Waals surface area contributed by atoms with E-state index in [0.717, 1.165) is 23.4 Å². The lowest BCUT2D eigenvalue weighted by molar-refractivity contribution is 0.182. The van der Waals surface area contributed by atoms with Crippen LogP contribution in [0.15, 0.2) is 11.4 Å². The van der Waals surface area contributed by atoms with Crippen molar-refractivity contribution in [3.8, 4) is 0 Å². The Balaban J connectivity index is 1.65. The van der Waals surface area contributed by atoms with Crippen molar-refractivity contribution in [2.24, 2.45) is 17.3 Å². The zero-order chi connectivity index (χ0) is 18.2. The van der Waals surface area contributed by atoms with Crippen LogP contribution < -0.4 is 5.32 Å². The molecule has 0 saturated heterocycles. The molecule has 2 fully saturated rings. The van der Waals surface area contributed by atoms with Crippen LogP contribution in [0.3, 0.4) is 0 Å². The van der Waals surface area contributed by atoms with E-state index in [0.29, 0.717) is 11.5 Å². The quantitative estimate of drug-likeness (QED) is 0.479. The molecule has 0 aromatic carbocycles. The second-order valence-corrected chi connectivity index (χ2v) is 14.7. The van der Waals surface area contributed by atoms with E-state index in [1.165, 1.54) is 35.9 Å². The molecule has 1 aromatic heterocycles. The molecule has 3 rings (SSSR count). The van der Waals surface area contributed by atoms with Gasteiger partial charge < -0.3 is 9.74 Å². The summed E-state index contributed by atoms with van der Waals surface area (Å²) < 4.78 is 6.85. The monoisotopic (exact) mass is 399 g/mol. The number of nitrogens with one attached hydrogen (secondary N) is 1. The van der Waals surface area contributed by atoms with Gasteiger partial charge >= 0.3 is 0 Å². The van der Waals surface area contributed by atoms with Gasteiger partial charge in [-0.3, -0.25) is 0 Å². The van der Waals surface area contributed by atoms with E-state index in [9.17, 15) is 0 Å². The second-order valence-electron chi connectivity index (χ2n) is 8.59. The van der Waals surface area contributed by atoms with Gasteiger partial charge in [-0.1, -0.05) is 46.2 Å². The van der Waals surface area contributed by atoms with Crippen molar-refractivity contribution in [2.45, 2.75) is 77.7 Å². The number of fused-ring (bicyclic) bond motifs is 1. The van der Waals surface area contributed by atoms with Gasteiger partial charge in [0.1, 0.15) is 0 Å². The first kappa shape index (κ1) is 19.9. The molecule has 2 nitrogen and oxygen atoms in total. The fourth-order valence-electron chi connectivity index (χ4n) is 4.97. The number of rotatable bonds is 9. The van der Waals surface area contributed by atoms with Crippen molar-refractivity contribution in [3.05, 3.63) is 21.3 Å². The van der Waals surface area contributed by atoms with E-state index in [-0.39, 0.29) is 6.10 Å². The maximum absolute atomic E-state index is 6.85. The highest BCUT2D eigenvalue weighted by Crippen LogP contribution is 2.66. The Morgan fingerprint density at radius 3 is 2.32 bits per heavy atom. The Labute approximate surface area is 163 Å². The topological polar surface area (TPSA) is 21.3 Å². The normalized spacial score (nSPS) is 28.8. The Kier molecular flexibility index (Phi) is 6.07. The van der Waals surface area contributed by atoms with Gasteiger partial charge in [-0.25, -0.2) is 0 Å². The number of hydrogen-bond donors (Lipinski definition) is 1. The van der Waals surface area contributed by atoms with Crippen molar-refractivity contribution in [1.29, 1.82) is 0 Å². The predicted molar refractivity (Wildman–Crippen MR) is 112 cm³/mol. The fourth-order valence-corrected chi connectivity index (χ4v) is 9.07. The van der Waals surface area contributed by atoms with Crippen molar-refractivity contribution >= 4 is 31.3 Å². The third kappa shape index (κ3) is 3.89. The molecule has 25 heavy (non-hydrogen) atoms. The summed E-state index contributed by atoms with van der Waals surface area (Å²) in [5.74, 6) is 1.87. The largest absolute Gasteiger partial charge is 0.408 e. The molecule has 0 aliphatic heterocycles. The highest BCUT2D eigenvalue weighted by atomic mass is 35.5. The molecule has 0 amide bonds. The first-order valence-corrected chi connectivity index (χ1v) is 13.8. The van der Waals surface area contributed by atoms with E-state index in [2.05, 4.69) is 45.3 Å². The van der Waals surface area contributed by atoms with Gasteiger partial charge in [-0.05, 0) is 59.7 Å². The molecular weight excluding hydrogens is 366 g/mol. The van der Waals surface area contributed by atoms with Crippen LogP contribution in [0.2, 0.25) is 23.2 Å². The summed E-state index contributed by atoms with van der Waals surface area (Å²) in [6.45, 7) is 12.7. The lowest BCUT2D eigenvalue weighted by Gasteiger charge is -2.34. The summed E-state index contributed by atoms with van der Waals surface area (Å²) in [6, 6.07) is 6.22. The molecule has 4 atom stereocenters. The Morgan fingerprint density at radius 2 is 1.84 bits per heavy atom. The lowest BCUT2D eigenvalue weighted by Crippen LogP contribution is -2.41. The minimum Gasteiger partial charge on any atom is -0.408 e. The summed E-state index contributed by atoms with van der Waals surface area (Å²) in [5, 5.41) is 6.80. The molecule has 0 radical (unpaired) electrons. The standard InChI is InChI=1S/C20H34ClNOSSi/c1-6-25(7-2,8-3)23-18(19-17(21)9-10-24-19)13-22-14-11-15-16(12-14)20(15,4)5/h9-10,14-16,18,22H,6-8,11-13H2,1-5H3/t14?,15-,16+,18?. The molecule has 2 aliphatic carbocycles. The molecule has 0 bridgehead atoms. The van der Waals surface area contributed by atoms with Crippen molar-refractivity contribution in [3.63, 3.8) is 0 Å². The van der Waals surface area contributed by atoms with Crippen LogP contribution in [0.4, 0.5) is 0 Å². The fraction of sp³-hybridized carbons (Fsp3) is 0.800. The number of thiophene rings is 1. The maximum Gasteiger partial charge on any atom is 0.193 e. The number of halogens is 1. The number of hydrogen-bond acceptors (Lipinski definition) is 3. The first-order chi connectivity index (χ1) is 11.9. The summed E-state index contributed by atoms with van der Waals surface area (Å²) in [6.07, 6.45) is 2.78. The Bertz CT molecular complexity index is 564. The molecule has 1 heterocycles. The van der Waals surface area contributed by atoms with Crippen LogP contribution >= 0.6 is 22.9 Å². The average molecular weight is 400 g/mol. The first-order valence-electron chi connectivity index (χ1n) is 10.0. The molecule has 5 heteroatoms. The van der Waals surface area contributed by atoms with Crippen LogP contribution in [-0.4, -0.2) is 20.9 Å². The van der Waals surface area contributed by atoms with Crippen LogP contribution in [0.5, 0.6) is 0 Å². The van der Waals surface area contributed by atoms with Crippen LogP contribution in [0.25, 0.3) is 0 Å². The lowest BCUT2D eigenvalue weighted by atomic mass is 9.98. The summed E-state index contributed by atoms with van der Waals surface area (Å²) >= 11 is 8.22. The third-order valence-corrected chi connectivity index (χ3v) is 13.3. The molecule has 2 aliphatic rings. The smallest absolute Gasteiger partial charge is 0.193 e.